The number of fused-ring (bicyclic) bond motifs is 1. The normalized spacial score (nSPS) is 11.1. The highest BCUT2D eigenvalue weighted by molar-refractivity contribution is 5.82. The fraction of sp³-hybridized carbons (Fsp3) is 0.400. The van der Waals surface area contributed by atoms with Crippen molar-refractivity contribution in [3.63, 3.8) is 0 Å². The lowest BCUT2D eigenvalue weighted by atomic mass is 10.1. The van der Waals surface area contributed by atoms with Crippen LogP contribution in [0.1, 0.15) is 26.3 Å². The van der Waals surface area contributed by atoms with Gasteiger partial charge in [0.1, 0.15) is 0 Å². The highest BCUT2D eigenvalue weighted by Crippen LogP contribution is 2.22. The number of para-hydroxylation sites is 1. The van der Waals surface area contributed by atoms with Crippen LogP contribution in [-0.4, -0.2) is 17.6 Å². The van der Waals surface area contributed by atoms with Crippen molar-refractivity contribution in [1.29, 1.82) is 0 Å². The number of benzene rings is 1. The Kier molecular flexibility index (Phi) is 4.15. The molecule has 0 saturated carbocycles. The summed E-state index contributed by atoms with van der Waals surface area (Å²) in [6.45, 7) is 7.74. The minimum absolute atomic E-state index is 0.465. The third-order valence-electron chi connectivity index (χ3n) is 2.77. The van der Waals surface area contributed by atoms with Crippen LogP contribution in [0.25, 0.3) is 10.9 Å². The minimum Gasteiger partial charge on any atom is -0.478 e. The summed E-state index contributed by atoms with van der Waals surface area (Å²) in [5.74, 6) is 0.705. The first-order chi connectivity index (χ1) is 8.70. The van der Waals surface area contributed by atoms with Crippen LogP contribution in [-0.2, 0) is 6.54 Å². The van der Waals surface area contributed by atoms with E-state index < -0.39 is 0 Å². The molecule has 2 rings (SSSR count). The molecule has 1 N–H and O–H groups in total. The van der Waals surface area contributed by atoms with Gasteiger partial charge in [-0.3, -0.25) is 0 Å². The summed E-state index contributed by atoms with van der Waals surface area (Å²) >= 11 is 0. The quantitative estimate of drug-likeness (QED) is 0.877. The molecule has 0 fully saturated rings. The molecule has 0 aliphatic rings. The molecule has 0 spiro atoms. The topological polar surface area (TPSA) is 34.1 Å². The summed E-state index contributed by atoms with van der Waals surface area (Å²) in [7, 11) is 0. The number of hydrogen-bond acceptors (Lipinski definition) is 3. The van der Waals surface area contributed by atoms with Crippen molar-refractivity contribution in [3.05, 3.63) is 35.9 Å². The predicted octanol–water partition coefficient (Wildman–Crippen LogP) is 3.13. The third kappa shape index (κ3) is 2.99. The monoisotopic (exact) mass is 244 g/mol. The SMILES string of the molecule is CCOc1cc(CNC(C)C)c2ccccc2n1. The van der Waals surface area contributed by atoms with Crippen molar-refractivity contribution in [1.82, 2.24) is 10.3 Å². The second kappa shape index (κ2) is 5.83. The Balaban J connectivity index is 2.40. The molecule has 0 radical (unpaired) electrons. The molecule has 0 unspecified atom stereocenters. The summed E-state index contributed by atoms with van der Waals surface area (Å²) < 4.78 is 5.52. The Hall–Kier alpha value is -1.61. The number of pyridine rings is 1. The van der Waals surface area contributed by atoms with Crippen LogP contribution in [0.2, 0.25) is 0 Å². The second-order valence-electron chi connectivity index (χ2n) is 4.61. The van der Waals surface area contributed by atoms with Crippen LogP contribution >= 0.6 is 0 Å². The molecular weight excluding hydrogens is 224 g/mol. The number of nitrogens with one attached hydrogen (secondary N) is 1. The van der Waals surface area contributed by atoms with Gasteiger partial charge in [-0.1, -0.05) is 32.0 Å². The van der Waals surface area contributed by atoms with Crippen LogP contribution in [0, 0.1) is 0 Å². The lowest BCUT2D eigenvalue weighted by Gasteiger charge is -2.12. The van der Waals surface area contributed by atoms with Gasteiger partial charge in [0.2, 0.25) is 5.88 Å². The van der Waals surface area contributed by atoms with Crippen molar-refractivity contribution < 1.29 is 4.74 Å². The zero-order chi connectivity index (χ0) is 13.0. The van der Waals surface area contributed by atoms with E-state index in [0.29, 0.717) is 18.5 Å². The molecule has 1 heterocycles. The van der Waals surface area contributed by atoms with Crippen molar-refractivity contribution in [2.45, 2.75) is 33.4 Å². The van der Waals surface area contributed by atoms with Crippen molar-refractivity contribution in [2.24, 2.45) is 0 Å². The van der Waals surface area contributed by atoms with Gasteiger partial charge >= 0.3 is 0 Å². The summed E-state index contributed by atoms with van der Waals surface area (Å²) in [6, 6.07) is 10.7. The Morgan fingerprint density at radius 1 is 1.28 bits per heavy atom. The Morgan fingerprint density at radius 2 is 2.06 bits per heavy atom. The van der Waals surface area contributed by atoms with Crippen molar-refractivity contribution in [3.8, 4) is 5.88 Å². The molecule has 96 valence electrons. The zero-order valence-electron chi connectivity index (χ0n) is 11.2. The lowest BCUT2D eigenvalue weighted by Crippen LogP contribution is -2.22. The maximum absolute atomic E-state index is 5.52. The fourth-order valence-corrected chi connectivity index (χ4v) is 1.90. The molecule has 0 atom stereocenters. The fourth-order valence-electron chi connectivity index (χ4n) is 1.90. The molecular formula is C15H20N2O. The van der Waals surface area contributed by atoms with E-state index >= 15 is 0 Å². The largest absolute Gasteiger partial charge is 0.478 e. The average molecular weight is 244 g/mol. The molecule has 0 amide bonds. The first-order valence-electron chi connectivity index (χ1n) is 6.45. The Bertz CT molecular complexity index is 523. The van der Waals surface area contributed by atoms with Gasteiger partial charge < -0.3 is 10.1 Å². The van der Waals surface area contributed by atoms with E-state index in [0.717, 1.165) is 12.1 Å². The molecule has 1 aromatic carbocycles. The van der Waals surface area contributed by atoms with E-state index in [1.165, 1.54) is 10.9 Å². The molecule has 1 aromatic heterocycles. The van der Waals surface area contributed by atoms with Gasteiger partial charge in [0.25, 0.3) is 0 Å². The first-order valence-corrected chi connectivity index (χ1v) is 6.45. The molecule has 3 heteroatoms. The molecule has 2 aromatic rings. The van der Waals surface area contributed by atoms with Crippen molar-refractivity contribution in [2.75, 3.05) is 6.61 Å². The standard InChI is InChI=1S/C15H20N2O/c1-4-18-15-9-12(10-16-11(2)3)13-7-5-6-8-14(13)17-15/h5-9,11,16H,4,10H2,1-3H3. The summed E-state index contributed by atoms with van der Waals surface area (Å²) in [5.41, 5.74) is 2.22. The molecule has 0 aliphatic heterocycles. The molecule has 0 saturated heterocycles. The Morgan fingerprint density at radius 3 is 2.78 bits per heavy atom. The summed E-state index contributed by atoms with van der Waals surface area (Å²) in [4.78, 5) is 4.50. The van der Waals surface area contributed by atoms with E-state index in [4.69, 9.17) is 4.74 Å². The van der Waals surface area contributed by atoms with Gasteiger partial charge in [-0.05, 0) is 18.6 Å². The van der Waals surface area contributed by atoms with E-state index in [-0.39, 0.29) is 0 Å². The van der Waals surface area contributed by atoms with Crippen LogP contribution < -0.4 is 10.1 Å². The van der Waals surface area contributed by atoms with Crippen molar-refractivity contribution >= 4 is 10.9 Å². The zero-order valence-corrected chi connectivity index (χ0v) is 11.2. The number of rotatable bonds is 5. The first kappa shape index (κ1) is 12.8. The lowest BCUT2D eigenvalue weighted by molar-refractivity contribution is 0.327. The third-order valence-corrected chi connectivity index (χ3v) is 2.77. The Labute approximate surface area is 108 Å². The van der Waals surface area contributed by atoms with E-state index in [1.807, 2.05) is 31.2 Å². The number of aromatic nitrogens is 1. The molecule has 0 bridgehead atoms. The second-order valence-corrected chi connectivity index (χ2v) is 4.61. The minimum atomic E-state index is 0.465. The highest BCUT2D eigenvalue weighted by Gasteiger charge is 2.06. The summed E-state index contributed by atoms with van der Waals surface area (Å²) in [6.07, 6.45) is 0. The number of hydrogen-bond donors (Lipinski definition) is 1. The van der Waals surface area contributed by atoms with E-state index in [1.54, 1.807) is 0 Å². The van der Waals surface area contributed by atoms with Crippen LogP contribution in [0.4, 0.5) is 0 Å². The van der Waals surface area contributed by atoms with Gasteiger partial charge in [0, 0.05) is 24.0 Å². The van der Waals surface area contributed by atoms with E-state index in [2.05, 4.69) is 30.2 Å². The van der Waals surface area contributed by atoms with Crippen LogP contribution in [0.5, 0.6) is 5.88 Å². The van der Waals surface area contributed by atoms with Gasteiger partial charge in [-0.15, -0.1) is 0 Å². The number of ether oxygens (including phenoxy) is 1. The molecule has 3 nitrogen and oxygen atoms in total. The van der Waals surface area contributed by atoms with Gasteiger partial charge in [0.15, 0.2) is 0 Å². The summed E-state index contributed by atoms with van der Waals surface area (Å²) in [5, 5.41) is 4.63. The van der Waals surface area contributed by atoms with E-state index in [9.17, 15) is 0 Å². The predicted molar refractivity (Wildman–Crippen MR) is 74.9 cm³/mol. The smallest absolute Gasteiger partial charge is 0.214 e. The highest BCUT2D eigenvalue weighted by atomic mass is 16.5. The number of nitrogens with zero attached hydrogens (tertiary/aromatic N) is 1. The van der Waals surface area contributed by atoms with Crippen LogP contribution in [0.3, 0.4) is 0 Å². The van der Waals surface area contributed by atoms with Gasteiger partial charge in [-0.2, -0.15) is 0 Å². The van der Waals surface area contributed by atoms with Crippen LogP contribution in [0.15, 0.2) is 30.3 Å². The average Bonchev–Trinajstić information content (AvgIpc) is 2.36. The molecule has 0 aliphatic carbocycles. The molecule has 18 heavy (non-hydrogen) atoms. The van der Waals surface area contributed by atoms with Gasteiger partial charge in [0.05, 0.1) is 12.1 Å². The van der Waals surface area contributed by atoms with Gasteiger partial charge in [-0.25, -0.2) is 4.98 Å². The maximum Gasteiger partial charge on any atom is 0.214 e. The maximum atomic E-state index is 5.52.